The number of anilines is 1. The van der Waals surface area contributed by atoms with Crippen LogP contribution in [0.25, 0.3) is 11.3 Å². The molecule has 0 saturated heterocycles. The molecule has 142 valence electrons. The fourth-order valence-electron chi connectivity index (χ4n) is 2.18. The van der Waals surface area contributed by atoms with Crippen LogP contribution in [-0.2, 0) is 19.9 Å². The third-order valence-electron chi connectivity index (χ3n) is 3.56. The van der Waals surface area contributed by atoms with Crippen molar-refractivity contribution in [2.45, 2.75) is 16.2 Å². The molecule has 1 aromatic carbocycles. The number of benzene rings is 1. The van der Waals surface area contributed by atoms with Crippen LogP contribution in [0.5, 0.6) is 0 Å². The summed E-state index contributed by atoms with van der Waals surface area (Å²) in [5, 5.41) is 7.61. The summed E-state index contributed by atoms with van der Waals surface area (Å²) in [5.74, 6) is -0.0645. The van der Waals surface area contributed by atoms with Gasteiger partial charge in [-0.1, -0.05) is 30.7 Å². The van der Waals surface area contributed by atoms with Crippen molar-refractivity contribution in [2.24, 2.45) is 0 Å². The van der Waals surface area contributed by atoms with E-state index in [-0.39, 0.29) is 15.0 Å². The molecule has 0 spiro atoms. The van der Waals surface area contributed by atoms with Gasteiger partial charge in [0.25, 0.3) is 10.0 Å². The molecule has 0 saturated carbocycles. The van der Waals surface area contributed by atoms with E-state index in [0.29, 0.717) is 21.3 Å². The topological polar surface area (TPSA) is 106 Å². The van der Waals surface area contributed by atoms with Crippen LogP contribution in [0, 0.1) is 0 Å². The molecule has 27 heavy (non-hydrogen) atoms. The molecule has 0 aliphatic carbocycles. The second kappa shape index (κ2) is 7.55. The lowest BCUT2D eigenvalue weighted by atomic mass is 10.1. The predicted octanol–water partition coefficient (Wildman–Crippen LogP) is 3.45. The average Bonchev–Trinajstić information content (AvgIpc) is 3.09. The zero-order valence-electron chi connectivity index (χ0n) is 14.0. The van der Waals surface area contributed by atoms with Crippen molar-refractivity contribution >= 4 is 48.5 Å². The van der Waals surface area contributed by atoms with Crippen molar-refractivity contribution in [3.8, 4) is 11.3 Å². The molecule has 3 rings (SSSR count). The number of sulfonamides is 1. The highest BCUT2D eigenvalue weighted by atomic mass is 35.5. The molecular weight excluding hydrogens is 430 g/mol. The molecule has 2 heterocycles. The van der Waals surface area contributed by atoms with Crippen molar-refractivity contribution in [1.82, 2.24) is 10.2 Å². The van der Waals surface area contributed by atoms with Gasteiger partial charge in [-0.2, -0.15) is 0 Å². The molecule has 0 amide bonds. The lowest BCUT2D eigenvalue weighted by Crippen LogP contribution is -2.11. The second-order valence-corrected chi connectivity index (χ2v) is 11.3. The van der Waals surface area contributed by atoms with Crippen LogP contribution in [0.4, 0.5) is 5.69 Å². The van der Waals surface area contributed by atoms with Crippen molar-refractivity contribution in [2.75, 3.05) is 10.5 Å². The molecule has 0 aliphatic rings. The lowest BCUT2D eigenvalue weighted by Gasteiger charge is -2.08. The van der Waals surface area contributed by atoms with Gasteiger partial charge in [0.1, 0.15) is 4.21 Å². The summed E-state index contributed by atoms with van der Waals surface area (Å²) in [6.45, 7) is 1.53. The molecule has 0 aliphatic heterocycles. The van der Waals surface area contributed by atoms with E-state index in [0.717, 1.165) is 11.3 Å². The molecule has 0 atom stereocenters. The van der Waals surface area contributed by atoms with Crippen LogP contribution in [-0.4, -0.2) is 32.8 Å². The van der Waals surface area contributed by atoms with Gasteiger partial charge >= 0.3 is 0 Å². The molecule has 0 bridgehead atoms. The summed E-state index contributed by atoms with van der Waals surface area (Å²) in [6.07, 6.45) is 0. The minimum absolute atomic E-state index is 0.0645. The van der Waals surface area contributed by atoms with Gasteiger partial charge in [-0.15, -0.1) is 21.5 Å². The van der Waals surface area contributed by atoms with Gasteiger partial charge in [-0.3, -0.25) is 4.72 Å². The van der Waals surface area contributed by atoms with Gasteiger partial charge < -0.3 is 0 Å². The highest BCUT2D eigenvalue weighted by Gasteiger charge is 2.18. The number of hydrogen-bond acceptors (Lipinski definition) is 7. The van der Waals surface area contributed by atoms with Crippen molar-refractivity contribution in [1.29, 1.82) is 0 Å². The third-order valence-corrected chi connectivity index (χ3v) is 8.28. The molecule has 0 unspecified atom stereocenters. The summed E-state index contributed by atoms with van der Waals surface area (Å²) in [6, 6.07) is 12.4. The Morgan fingerprint density at radius 2 is 1.81 bits per heavy atom. The van der Waals surface area contributed by atoms with E-state index in [1.54, 1.807) is 24.3 Å². The Kier molecular flexibility index (Phi) is 5.52. The van der Waals surface area contributed by atoms with Crippen LogP contribution in [0.3, 0.4) is 0 Å². The molecular formula is C16H14ClN3O4S3. The highest BCUT2D eigenvalue weighted by molar-refractivity contribution is 7.94. The number of rotatable bonds is 6. The van der Waals surface area contributed by atoms with E-state index in [9.17, 15) is 16.8 Å². The standard InChI is InChI=1S/C16H14ClN3O4S3/c1-2-26(21,22)15-8-6-13(18-19-15)11-4-3-5-12(10-11)20-27(23,24)16-9-7-14(17)25-16/h3-10,20H,2H2,1H3. The summed E-state index contributed by atoms with van der Waals surface area (Å²) in [5.41, 5.74) is 1.35. The van der Waals surface area contributed by atoms with Crippen LogP contribution in [0.1, 0.15) is 6.92 Å². The van der Waals surface area contributed by atoms with E-state index in [1.165, 1.54) is 31.2 Å². The van der Waals surface area contributed by atoms with Gasteiger partial charge in [-0.05, 0) is 36.4 Å². The van der Waals surface area contributed by atoms with Crippen LogP contribution < -0.4 is 4.72 Å². The SMILES string of the molecule is CCS(=O)(=O)c1ccc(-c2cccc(NS(=O)(=O)c3ccc(Cl)s3)c2)nn1. The molecule has 0 fully saturated rings. The summed E-state index contributed by atoms with van der Waals surface area (Å²) >= 11 is 6.75. The highest BCUT2D eigenvalue weighted by Crippen LogP contribution is 2.28. The molecule has 0 radical (unpaired) electrons. The van der Waals surface area contributed by atoms with Crippen molar-refractivity contribution in [3.05, 3.63) is 52.9 Å². The zero-order valence-corrected chi connectivity index (χ0v) is 17.2. The molecule has 7 nitrogen and oxygen atoms in total. The van der Waals surface area contributed by atoms with E-state index in [1.807, 2.05) is 0 Å². The molecule has 11 heteroatoms. The average molecular weight is 444 g/mol. The Morgan fingerprint density at radius 3 is 2.41 bits per heavy atom. The van der Waals surface area contributed by atoms with E-state index in [2.05, 4.69) is 14.9 Å². The fourth-order valence-corrected chi connectivity index (χ4v) is 5.45. The largest absolute Gasteiger partial charge is 0.279 e. The van der Waals surface area contributed by atoms with Gasteiger partial charge in [0, 0.05) is 11.3 Å². The van der Waals surface area contributed by atoms with Crippen LogP contribution in [0.2, 0.25) is 4.34 Å². The monoisotopic (exact) mass is 443 g/mol. The maximum atomic E-state index is 12.4. The number of nitrogens with one attached hydrogen (secondary N) is 1. The number of thiophene rings is 1. The first-order chi connectivity index (χ1) is 12.7. The lowest BCUT2D eigenvalue weighted by molar-refractivity contribution is 0.591. The van der Waals surface area contributed by atoms with E-state index >= 15 is 0 Å². The normalized spacial score (nSPS) is 12.1. The summed E-state index contributed by atoms with van der Waals surface area (Å²) < 4.78 is 51.4. The fraction of sp³-hybridized carbons (Fsp3) is 0.125. The molecule has 2 aromatic heterocycles. The van der Waals surface area contributed by atoms with E-state index < -0.39 is 19.9 Å². The second-order valence-electron chi connectivity index (χ2n) is 5.41. The Morgan fingerprint density at radius 1 is 1.04 bits per heavy atom. The van der Waals surface area contributed by atoms with E-state index in [4.69, 9.17) is 11.6 Å². The van der Waals surface area contributed by atoms with Gasteiger partial charge in [-0.25, -0.2) is 16.8 Å². The number of sulfone groups is 1. The minimum atomic E-state index is -3.75. The number of halogens is 1. The smallest absolute Gasteiger partial charge is 0.271 e. The first kappa shape index (κ1) is 19.7. The Balaban J connectivity index is 1.88. The Labute approximate surface area is 166 Å². The predicted molar refractivity (Wildman–Crippen MR) is 105 cm³/mol. The van der Waals surface area contributed by atoms with Crippen molar-refractivity contribution in [3.63, 3.8) is 0 Å². The zero-order chi connectivity index (χ0) is 19.7. The Bertz CT molecular complexity index is 1170. The van der Waals surface area contributed by atoms with Gasteiger partial charge in [0.15, 0.2) is 14.9 Å². The summed E-state index contributed by atoms with van der Waals surface area (Å²) in [4.78, 5) is 0. The Hall–Kier alpha value is -2.01. The maximum Gasteiger partial charge on any atom is 0.271 e. The molecule has 1 N–H and O–H groups in total. The number of hydrogen-bond donors (Lipinski definition) is 1. The molecule has 3 aromatic rings. The quantitative estimate of drug-likeness (QED) is 0.625. The third kappa shape index (κ3) is 4.46. The first-order valence-corrected chi connectivity index (χ1v) is 12.0. The van der Waals surface area contributed by atoms with Crippen LogP contribution >= 0.6 is 22.9 Å². The first-order valence-electron chi connectivity index (χ1n) is 7.66. The minimum Gasteiger partial charge on any atom is -0.279 e. The maximum absolute atomic E-state index is 12.4. The van der Waals surface area contributed by atoms with Crippen molar-refractivity contribution < 1.29 is 16.8 Å². The van der Waals surface area contributed by atoms with Gasteiger partial charge in [0.05, 0.1) is 15.8 Å². The number of nitrogens with zero attached hydrogens (tertiary/aromatic N) is 2. The van der Waals surface area contributed by atoms with Crippen LogP contribution in [0.15, 0.2) is 57.8 Å². The number of aromatic nitrogens is 2. The van der Waals surface area contributed by atoms with Gasteiger partial charge in [0.2, 0.25) is 0 Å². The summed E-state index contributed by atoms with van der Waals surface area (Å²) in [7, 11) is -7.19.